The molecule has 1 aliphatic heterocycles. The van der Waals surface area contributed by atoms with Crippen LogP contribution >= 0.6 is 0 Å². The molecule has 3 aromatic rings. The van der Waals surface area contributed by atoms with Crippen LogP contribution in [-0.4, -0.2) is 43.7 Å². The SMILES string of the molecule is Nc1ccncc1-c1cnc2c(N3CCC(O)C3)nccn12. The van der Waals surface area contributed by atoms with Gasteiger partial charge in [0.25, 0.3) is 0 Å². The van der Waals surface area contributed by atoms with E-state index in [1.54, 1.807) is 30.9 Å². The lowest BCUT2D eigenvalue weighted by Gasteiger charge is -2.17. The Labute approximate surface area is 127 Å². The van der Waals surface area contributed by atoms with Gasteiger partial charge in [0, 0.05) is 49.1 Å². The van der Waals surface area contributed by atoms with Crippen molar-refractivity contribution in [3.05, 3.63) is 37.1 Å². The first-order valence-electron chi connectivity index (χ1n) is 7.19. The van der Waals surface area contributed by atoms with Crippen LogP contribution in [0.1, 0.15) is 6.42 Å². The van der Waals surface area contributed by atoms with Gasteiger partial charge in [0.2, 0.25) is 0 Å². The molecule has 1 aliphatic rings. The third-order valence-electron chi connectivity index (χ3n) is 4.00. The maximum Gasteiger partial charge on any atom is 0.180 e. The van der Waals surface area contributed by atoms with Crippen LogP contribution in [0.4, 0.5) is 11.5 Å². The molecule has 7 heteroatoms. The molecule has 22 heavy (non-hydrogen) atoms. The predicted octanol–water partition coefficient (Wildman–Crippen LogP) is 0.944. The van der Waals surface area contributed by atoms with Gasteiger partial charge in [0.15, 0.2) is 11.5 Å². The number of aromatic nitrogens is 4. The maximum absolute atomic E-state index is 9.73. The Morgan fingerprint density at radius 3 is 2.91 bits per heavy atom. The Balaban J connectivity index is 1.85. The molecule has 0 aliphatic carbocycles. The first-order valence-corrected chi connectivity index (χ1v) is 7.19. The Hall–Kier alpha value is -2.67. The van der Waals surface area contributed by atoms with E-state index in [4.69, 9.17) is 5.73 Å². The number of pyridine rings is 1. The highest BCUT2D eigenvalue weighted by atomic mass is 16.3. The van der Waals surface area contributed by atoms with Gasteiger partial charge in [-0.3, -0.25) is 9.38 Å². The number of aliphatic hydroxyl groups excluding tert-OH is 1. The predicted molar refractivity (Wildman–Crippen MR) is 83.5 cm³/mol. The smallest absolute Gasteiger partial charge is 0.180 e. The van der Waals surface area contributed by atoms with Gasteiger partial charge in [-0.1, -0.05) is 0 Å². The van der Waals surface area contributed by atoms with Gasteiger partial charge >= 0.3 is 0 Å². The highest BCUT2D eigenvalue weighted by molar-refractivity contribution is 5.77. The number of nitrogens with zero attached hydrogens (tertiary/aromatic N) is 5. The lowest BCUT2D eigenvalue weighted by Crippen LogP contribution is -2.23. The number of nitrogens with two attached hydrogens (primary N) is 1. The Kier molecular flexibility index (Phi) is 2.93. The highest BCUT2D eigenvalue weighted by Crippen LogP contribution is 2.29. The largest absolute Gasteiger partial charge is 0.398 e. The van der Waals surface area contributed by atoms with E-state index in [9.17, 15) is 5.11 Å². The fraction of sp³-hybridized carbons (Fsp3) is 0.267. The average molecular weight is 296 g/mol. The van der Waals surface area contributed by atoms with Crippen LogP contribution in [0.2, 0.25) is 0 Å². The molecule has 4 rings (SSSR count). The van der Waals surface area contributed by atoms with Crippen LogP contribution in [0.3, 0.4) is 0 Å². The minimum atomic E-state index is -0.301. The lowest BCUT2D eigenvalue weighted by molar-refractivity contribution is 0.198. The van der Waals surface area contributed by atoms with Gasteiger partial charge in [0.05, 0.1) is 18.0 Å². The standard InChI is InChI=1S/C15H16N6O/c16-12-1-3-17-7-11(12)13-8-19-15-14(18-4-6-21(13)15)20-5-2-10(22)9-20/h1,3-4,6-8,10,22H,2,5,9H2,(H2,16,17). The van der Waals surface area contributed by atoms with E-state index in [2.05, 4.69) is 19.9 Å². The topological polar surface area (TPSA) is 92.6 Å². The monoisotopic (exact) mass is 296 g/mol. The van der Waals surface area contributed by atoms with E-state index >= 15 is 0 Å². The van der Waals surface area contributed by atoms with Crippen LogP contribution in [0.5, 0.6) is 0 Å². The van der Waals surface area contributed by atoms with E-state index < -0.39 is 0 Å². The minimum Gasteiger partial charge on any atom is -0.398 e. The summed E-state index contributed by atoms with van der Waals surface area (Å²) in [5, 5.41) is 9.73. The number of hydrogen-bond donors (Lipinski definition) is 2. The second kappa shape index (κ2) is 4.96. The maximum atomic E-state index is 9.73. The fourth-order valence-electron chi connectivity index (χ4n) is 2.88. The number of anilines is 2. The number of nitrogen functional groups attached to an aromatic ring is 1. The number of aliphatic hydroxyl groups is 1. The van der Waals surface area contributed by atoms with Gasteiger partial charge in [-0.15, -0.1) is 0 Å². The summed E-state index contributed by atoms with van der Waals surface area (Å²) in [6.45, 7) is 1.37. The summed E-state index contributed by atoms with van der Waals surface area (Å²) in [6, 6.07) is 1.77. The normalized spacial score (nSPS) is 18.2. The first kappa shape index (κ1) is 13.0. The quantitative estimate of drug-likeness (QED) is 0.731. The minimum absolute atomic E-state index is 0.301. The van der Waals surface area contributed by atoms with E-state index in [0.717, 1.165) is 35.7 Å². The van der Waals surface area contributed by atoms with E-state index in [0.29, 0.717) is 12.2 Å². The third-order valence-corrected chi connectivity index (χ3v) is 4.00. The van der Waals surface area contributed by atoms with Crippen molar-refractivity contribution < 1.29 is 5.11 Å². The van der Waals surface area contributed by atoms with Crippen LogP contribution in [0.25, 0.3) is 16.9 Å². The Morgan fingerprint density at radius 2 is 2.14 bits per heavy atom. The van der Waals surface area contributed by atoms with Crippen LogP contribution in [-0.2, 0) is 0 Å². The fourth-order valence-corrected chi connectivity index (χ4v) is 2.88. The number of β-amino-alcohol motifs (C(OH)–C–C–N with tert-alkyl or cyclic N) is 1. The van der Waals surface area contributed by atoms with Crippen LogP contribution in [0, 0.1) is 0 Å². The van der Waals surface area contributed by atoms with Crippen molar-refractivity contribution in [2.45, 2.75) is 12.5 Å². The molecule has 4 heterocycles. The zero-order valence-corrected chi connectivity index (χ0v) is 11.9. The molecule has 0 amide bonds. The summed E-state index contributed by atoms with van der Waals surface area (Å²) in [5.74, 6) is 0.785. The van der Waals surface area contributed by atoms with Crippen molar-refractivity contribution in [2.75, 3.05) is 23.7 Å². The van der Waals surface area contributed by atoms with Gasteiger partial charge in [-0.25, -0.2) is 9.97 Å². The van der Waals surface area contributed by atoms with E-state index in [-0.39, 0.29) is 6.10 Å². The molecule has 0 aromatic carbocycles. The van der Waals surface area contributed by atoms with Gasteiger partial charge in [-0.2, -0.15) is 0 Å². The average Bonchev–Trinajstić information content (AvgIpc) is 3.14. The molecule has 0 bridgehead atoms. The molecule has 7 nitrogen and oxygen atoms in total. The highest BCUT2D eigenvalue weighted by Gasteiger charge is 2.24. The van der Waals surface area contributed by atoms with E-state index in [1.807, 2.05) is 10.6 Å². The molecule has 3 N–H and O–H groups in total. The van der Waals surface area contributed by atoms with Crippen molar-refractivity contribution in [1.82, 2.24) is 19.4 Å². The molecule has 1 unspecified atom stereocenters. The zero-order valence-electron chi connectivity index (χ0n) is 11.9. The summed E-state index contributed by atoms with van der Waals surface area (Å²) >= 11 is 0. The van der Waals surface area contributed by atoms with Crippen LogP contribution in [0.15, 0.2) is 37.1 Å². The van der Waals surface area contributed by atoms with Gasteiger partial charge in [-0.05, 0) is 12.5 Å². The zero-order chi connectivity index (χ0) is 15.1. The van der Waals surface area contributed by atoms with Gasteiger partial charge < -0.3 is 15.7 Å². The molecular formula is C15H16N6O. The summed E-state index contributed by atoms with van der Waals surface area (Å²) < 4.78 is 1.96. The molecule has 3 aromatic heterocycles. The molecular weight excluding hydrogens is 280 g/mol. The number of fused-ring (bicyclic) bond motifs is 1. The summed E-state index contributed by atoms with van der Waals surface area (Å²) in [6.07, 6.45) is 9.24. The molecule has 1 saturated heterocycles. The summed E-state index contributed by atoms with van der Waals surface area (Å²) in [5.41, 5.74) is 9.18. The number of rotatable bonds is 2. The molecule has 0 spiro atoms. The first-order chi connectivity index (χ1) is 10.7. The number of imidazole rings is 1. The van der Waals surface area contributed by atoms with Crippen molar-refractivity contribution in [1.29, 1.82) is 0 Å². The van der Waals surface area contributed by atoms with E-state index in [1.165, 1.54) is 0 Å². The lowest BCUT2D eigenvalue weighted by atomic mass is 10.2. The van der Waals surface area contributed by atoms with Crippen molar-refractivity contribution in [3.8, 4) is 11.3 Å². The molecule has 112 valence electrons. The Morgan fingerprint density at radius 1 is 1.23 bits per heavy atom. The second-order valence-corrected chi connectivity index (χ2v) is 5.44. The van der Waals surface area contributed by atoms with Gasteiger partial charge in [0.1, 0.15) is 0 Å². The third kappa shape index (κ3) is 1.98. The molecule has 0 radical (unpaired) electrons. The Bertz CT molecular complexity index is 830. The van der Waals surface area contributed by atoms with Crippen LogP contribution < -0.4 is 10.6 Å². The molecule has 0 saturated carbocycles. The van der Waals surface area contributed by atoms with Crippen molar-refractivity contribution in [3.63, 3.8) is 0 Å². The second-order valence-electron chi connectivity index (χ2n) is 5.44. The molecule has 1 fully saturated rings. The molecule has 1 atom stereocenters. The number of hydrogen-bond acceptors (Lipinski definition) is 6. The van der Waals surface area contributed by atoms with Crippen molar-refractivity contribution in [2.24, 2.45) is 0 Å². The summed E-state index contributed by atoms with van der Waals surface area (Å²) in [4.78, 5) is 15.1. The van der Waals surface area contributed by atoms with Crippen molar-refractivity contribution >= 4 is 17.2 Å². The summed E-state index contributed by atoms with van der Waals surface area (Å²) in [7, 11) is 0.